The highest BCUT2D eigenvalue weighted by atomic mass is 35.5. The third-order valence-electron chi connectivity index (χ3n) is 5.83. The molecule has 2 heterocycles. The van der Waals surface area contributed by atoms with Crippen LogP contribution in [0.2, 0.25) is 5.02 Å². The zero-order valence-corrected chi connectivity index (χ0v) is 18.8. The maximum absolute atomic E-state index is 13.3. The van der Waals surface area contributed by atoms with E-state index in [1.54, 1.807) is 30.7 Å². The van der Waals surface area contributed by atoms with Crippen molar-refractivity contribution in [3.05, 3.63) is 45.1 Å². The molecule has 164 valence electrons. The average molecular weight is 455 g/mol. The minimum Gasteiger partial charge on any atom is -0.383 e. The molecule has 10 heteroatoms. The number of hydrogen-bond donors (Lipinski definition) is 0. The van der Waals surface area contributed by atoms with Gasteiger partial charge in [0.2, 0.25) is 10.0 Å². The highest BCUT2D eigenvalue weighted by Crippen LogP contribution is 2.38. The highest BCUT2D eigenvalue weighted by Gasteiger charge is 2.37. The molecular weight excluding hydrogens is 428 g/mol. The lowest BCUT2D eigenvalue weighted by atomic mass is 9.99. The summed E-state index contributed by atoms with van der Waals surface area (Å²) in [6.07, 6.45) is 3.43. The van der Waals surface area contributed by atoms with Crippen LogP contribution in [0.5, 0.6) is 0 Å². The Hall–Kier alpha value is -1.68. The second-order valence-corrected chi connectivity index (χ2v) is 10.4. The van der Waals surface area contributed by atoms with Gasteiger partial charge in [-0.3, -0.25) is 4.57 Å². The minimum atomic E-state index is -3.68. The predicted octanol–water partition coefficient (Wildman–Crippen LogP) is 2.56. The van der Waals surface area contributed by atoms with Crippen LogP contribution >= 0.6 is 11.6 Å². The van der Waals surface area contributed by atoms with Crippen LogP contribution in [0.1, 0.15) is 49.0 Å². The number of nitrogens with zero attached hydrogens (tertiary/aromatic N) is 4. The van der Waals surface area contributed by atoms with Gasteiger partial charge in [-0.2, -0.15) is 9.40 Å². The van der Waals surface area contributed by atoms with Gasteiger partial charge in [0.05, 0.1) is 18.0 Å². The molecule has 0 radical (unpaired) electrons. The molecule has 8 nitrogen and oxygen atoms in total. The number of aryl methyl sites for hydroxylation is 1. The fraction of sp³-hybridized carbons (Fsp3) is 0.600. The molecule has 1 aliphatic carbocycles. The van der Waals surface area contributed by atoms with Crippen LogP contribution in [0.15, 0.2) is 27.9 Å². The van der Waals surface area contributed by atoms with Crippen LogP contribution in [0, 0.1) is 6.92 Å². The van der Waals surface area contributed by atoms with Crippen LogP contribution in [-0.4, -0.2) is 53.9 Å². The molecule has 1 saturated carbocycles. The Morgan fingerprint density at radius 3 is 2.73 bits per heavy atom. The van der Waals surface area contributed by atoms with E-state index in [0.29, 0.717) is 49.1 Å². The Morgan fingerprint density at radius 1 is 1.27 bits per heavy atom. The molecule has 2 aliphatic rings. The van der Waals surface area contributed by atoms with Crippen LogP contribution in [0.3, 0.4) is 0 Å². The molecule has 1 unspecified atom stereocenters. The van der Waals surface area contributed by atoms with Gasteiger partial charge in [0.1, 0.15) is 5.82 Å². The number of ether oxygens (including phenoxy) is 1. The summed E-state index contributed by atoms with van der Waals surface area (Å²) in [6.45, 7) is 3.32. The summed E-state index contributed by atoms with van der Waals surface area (Å²) < 4.78 is 36.5. The number of aromatic nitrogens is 3. The van der Waals surface area contributed by atoms with Gasteiger partial charge >= 0.3 is 5.69 Å². The molecule has 1 atom stereocenters. The molecule has 1 aliphatic heterocycles. The van der Waals surface area contributed by atoms with Crippen LogP contribution < -0.4 is 5.69 Å². The number of piperidine rings is 1. The first-order chi connectivity index (χ1) is 14.3. The van der Waals surface area contributed by atoms with Gasteiger partial charge in [0.25, 0.3) is 0 Å². The van der Waals surface area contributed by atoms with Crippen molar-refractivity contribution >= 4 is 21.6 Å². The van der Waals surface area contributed by atoms with E-state index >= 15 is 0 Å². The quantitative estimate of drug-likeness (QED) is 0.641. The molecule has 0 spiro atoms. The zero-order chi connectivity index (χ0) is 21.5. The fourth-order valence-corrected chi connectivity index (χ4v) is 6.09. The van der Waals surface area contributed by atoms with Crippen LogP contribution in [0.25, 0.3) is 0 Å². The molecule has 4 rings (SSSR count). The van der Waals surface area contributed by atoms with E-state index in [-0.39, 0.29) is 22.5 Å². The summed E-state index contributed by atoms with van der Waals surface area (Å²) in [5.74, 6) is 0.575. The average Bonchev–Trinajstić information content (AvgIpc) is 3.51. The number of methoxy groups -OCH3 is 1. The molecular formula is C20H27ClN4O4S. The molecule has 0 amide bonds. The van der Waals surface area contributed by atoms with E-state index in [2.05, 4.69) is 5.10 Å². The molecule has 0 bridgehead atoms. The third kappa shape index (κ3) is 4.08. The Bertz CT molecular complexity index is 1090. The van der Waals surface area contributed by atoms with Crippen molar-refractivity contribution in [1.82, 2.24) is 18.7 Å². The third-order valence-corrected chi connectivity index (χ3v) is 8.08. The SMILES string of the molecule is COCCn1nc(C2CCCN(S(=O)(=O)c3cc(Cl)ccc3C)C2)n(C2CC2)c1=O. The van der Waals surface area contributed by atoms with Crippen molar-refractivity contribution in [2.75, 3.05) is 26.8 Å². The van der Waals surface area contributed by atoms with Gasteiger partial charge in [-0.1, -0.05) is 17.7 Å². The Balaban J connectivity index is 1.65. The first-order valence-electron chi connectivity index (χ1n) is 10.3. The maximum Gasteiger partial charge on any atom is 0.346 e. The van der Waals surface area contributed by atoms with Crippen LogP contribution in [0.4, 0.5) is 0 Å². The van der Waals surface area contributed by atoms with Gasteiger partial charge in [0.15, 0.2) is 0 Å². The van der Waals surface area contributed by atoms with Crippen molar-refractivity contribution in [3.63, 3.8) is 0 Å². The lowest BCUT2D eigenvalue weighted by molar-refractivity contribution is 0.182. The van der Waals surface area contributed by atoms with Crippen molar-refractivity contribution in [2.24, 2.45) is 0 Å². The van der Waals surface area contributed by atoms with Gasteiger partial charge in [-0.15, -0.1) is 0 Å². The molecule has 2 fully saturated rings. The number of rotatable bonds is 7. The van der Waals surface area contributed by atoms with E-state index in [0.717, 1.165) is 19.3 Å². The smallest absolute Gasteiger partial charge is 0.346 e. The van der Waals surface area contributed by atoms with E-state index in [9.17, 15) is 13.2 Å². The Labute approximate surface area is 181 Å². The molecule has 30 heavy (non-hydrogen) atoms. The standard InChI is InChI=1S/C20H27ClN4O4S/c1-14-5-6-16(21)12-18(14)30(27,28)23-9-3-4-15(13-23)19-22-24(10-11-29-2)20(26)25(19)17-7-8-17/h5-6,12,15,17H,3-4,7-11,13H2,1-2H3. The Kier molecular flexibility index (Phi) is 6.07. The highest BCUT2D eigenvalue weighted by molar-refractivity contribution is 7.89. The second kappa shape index (κ2) is 8.45. The van der Waals surface area contributed by atoms with Crippen molar-refractivity contribution in [3.8, 4) is 0 Å². The van der Waals surface area contributed by atoms with Gasteiger partial charge in [0, 0.05) is 37.2 Å². The molecule has 1 aromatic heterocycles. The molecule has 1 aromatic carbocycles. The molecule has 2 aromatic rings. The normalized spacial score (nSPS) is 20.6. The first-order valence-corrected chi connectivity index (χ1v) is 12.1. The van der Waals surface area contributed by atoms with Crippen molar-refractivity contribution in [1.29, 1.82) is 0 Å². The number of benzene rings is 1. The largest absolute Gasteiger partial charge is 0.383 e. The summed E-state index contributed by atoms with van der Waals surface area (Å²) in [4.78, 5) is 13.1. The summed E-state index contributed by atoms with van der Waals surface area (Å²) in [6, 6.07) is 5.09. The number of sulfonamides is 1. The van der Waals surface area contributed by atoms with Gasteiger partial charge in [-0.05, 0) is 50.3 Å². The van der Waals surface area contributed by atoms with Crippen molar-refractivity contribution < 1.29 is 13.2 Å². The first kappa shape index (κ1) is 21.5. The number of hydrogen-bond acceptors (Lipinski definition) is 5. The van der Waals surface area contributed by atoms with Gasteiger partial charge < -0.3 is 4.74 Å². The minimum absolute atomic E-state index is 0.120. The summed E-state index contributed by atoms with van der Waals surface area (Å²) in [5, 5.41) is 4.99. The second-order valence-electron chi connectivity index (χ2n) is 8.07. The van der Waals surface area contributed by atoms with Crippen LogP contribution in [-0.2, 0) is 21.3 Å². The number of halogens is 1. The monoisotopic (exact) mass is 454 g/mol. The maximum atomic E-state index is 13.3. The fourth-order valence-electron chi connectivity index (χ4n) is 4.08. The topological polar surface area (TPSA) is 86.4 Å². The van der Waals surface area contributed by atoms with Crippen molar-refractivity contribution in [2.45, 2.75) is 56.0 Å². The summed E-state index contributed by atoms with van der Waals surface area (Å²) >= 11 is 6.07. The Morgan fingerprint density at radius 2 is 2.03 bits per heavy atom. The molecule has 1 saturated heterocycles. The molecule has 0 N–H and O–H groups in total. The van der Waals surface area contributed by atoms with E-state index < -0.39 is 10.0 Å². The van der Waals surface area contributed by atoms with Gasteiger partial charge in [-0.25, -0.2) is 17.9 Å². The summed E-state index contributed by atoms with van der Waals surface area (Å²) in [7, 11) is -2.10. The van der Waals surface area contributed by atoms with E-state index in [1.807, 2.05) is 0 Å². The predicted molar refractivity (Wildman–Crippen MR) is 114 cm³/mol. The zero-order valence-electron chi connectivity index (χ0n) is 17.3. The lowest BCUT2D eigenvalue weighted by Crippen LogP contribution is -2.40. The summed E-state index contributed by atoms with van der Waals surface area (Å²) in [5.41, 5.74) is 0.537. The van der Waals surface area contributed by atoms with E-state index in [1.165, 1.54) is 15.1 Å². The lowest BCUT2D eigenvalue weighted by Gasteiger charge is -2.32. The van der Waals surface area contributed by atoms with E-state index in [4.69, 9.17) is 16.3 Å².